The molecule has 1 fully saturated rings. The summed E-state index contributed by atoms with van der Waals surface area (Å²) < 4.78 is 27.6. The summed E-state index contributed by atoms with van der Waals surface area (Å²) in [5.74, 6) is 0.0734. The summed E-state index contributed by atoms with van der Waals surface area (Å²) in [6.45, 7) is 9.01. The van der Waals surface area contributed by atoms with Crippen LogP contribution in [0.2, 0.25) is 0 Å². The van der Waals surface area contributed by atoms with E-state index in [1.807, 2.05) is 26.0 Å². The van der Waals surface area contributed by atoms with Crippen LogP contribution in [-0.2, 0) is 14.8 Å². The third-order valence-electron chi connectivity index (χ3n) is 6.66. The van der Waals surface area contributed by atoms with Crippen molar-refractivity contribution in [2.24, 2.45) is 11.8 Å². The molecule has 3 rings (SSSR count). The first-order valence-electron chi connectivity index (χ1n) is 11.8. The lowest BCUT2D eigenvalue weighted by molar-refractivity contribution is -0.127. The lowest BCUT2D eigenvalue weighted by atomic mass is 9.94. The van der Waals surface area contributed by atoms with E-state index in [-0.39, 0.29) is 28.7 Å². The molecule has 34 heavy (non-hydrogen) atoms. The van der Waals surface area contributed by atoms with Gasteiger partial charge < -0.3 is 10.2 Å². The van der Waals surface area contributed by atoms with E-state index < -0.39 is 10.0 Å². The molecule has 1 saturated heterocycles. The Bertz CT molecular complexity index is 1120. The first-order valence-corrected chi connectivity index (χ1v) is 13.2. The molecule has 2 aromatic rings. The Hall–Kier alpha value is -2.87. The molecular weight excluding hydrogens is 450 g/mol. The molecule has 1 N–H and O–H groups in total. The molecule has 1 aliphatic rings. The molecule has 7 nitrogen and oxygen atoms in total. The minimum atomic E-state index is -3.82. The van der Waals surface area contributed by atoms with Crippen molar-refractivity contribution >= 4 is 27.5 Å². The largest absolute Gasteiger partial charge is 0.353 e. The van der Waals surface area contributed by atoms with Gasteiger partial charge in [-0.15, -0.1) is 0 Å². The fourth-order valence-electron chi connectivity index (χ4n) is 3.88. The number of sulfonamides is 1. The maximum absolute atomic E-state index is 13.2. The van der Waals surface area contributed by atoms with E-state index in [0.717, 1.165) is 5.56 Å². The molecule has 8 heteroatoms. The maximum atomic E-state index is 13.2. The third kappa shape index (κ3) is 5.78. The first-order chi connectivity index (χ1) is 16.0. The lowest BCUT2D eigenvalue weighted by Crippen LogP contribution is -2.45. The van der Waals surface area contributed by atoms with E-state index in [9.17, 15) is 18.0 Å². The van der Waals surface area contributed by atoms with Crippen LogP contribution in [0.15, 0.2) is 53.4 Å². The summed E-state index contributed by atoms with van der Waals surface area (Å²) >= 11 is 0. The van der Waals surface area contributed by atoms with E-state index in [2.05, 4.69) is 19.2 Å². The fraction of sp³-hybridized carbons (Fsp3) is 0.462. The number of hydrogen-bond acceptors (Lipinski definition) is 4. The minimum absolute atomic E-state index is 0.0422. The summed E-state index contributed by atoms with van der Waals surface area (Å²) in [6, 6.07) is 13.5. The molecule has 2 amide bonds. The highest BCUT2D eigenvalue weighted by Gasteiger charge is 2.29. The van der Waals surface area contributed by atoms with Crippen LogP contribution in [0.25, 0.3) is 0 Å². The summed E-state index contributed by atoms with van der Waals surface area (Å²) in [5.41, 5.74) is 1.92. The molecule has 184 valence electrons. The van der Waals surface area contributed by atoms with Crippen molar-refractivity contribution in [2.75, 3.05) is 24.4 Å². The van der Waals surface area contributed by atoms with Gasteiger partial charge in [0.05, 0.1) is 10.6 Å². The summed E-state index contributed by atoms with van der Waals surface area (Å²) in [7, 11) is -2.32. The number of carbonyl (C=O) groups is 2. The molecular formula is C26H35N3O4S. The van der Waals surface area contributed by atoms with E-state index in [0.29, 0.717) is 43.1 Å². The van der Waals surface area contributed by atoms with Crippen LogP contribution in [0.3, 0.4) is 0 Å². The average molecular weight is 486 g/mol. The topological polar surface area (TPSA) is 86.8 Å². The van der Waals surface area contributed by atoms with Crippen molar-refractivity contribution in [1.29, 1.82) is 0 Å². The molecule has 2 aromatic carbocycles. The Morgan fingerprint density at radius 2 is 1.65 bits per heavy atom. The molecule has 1 atom stereocenters. The molecule has 1 aliphatic heterocycles. The summed E-state index contributed by atoms with van der Waals surface area (Å²) in [5, 5.41) is 3.06. The van der Waals surface area contributed by atoms with Crippen LogP contribution < -0.4 is 9.62 Å². The first kappa shape index (κ1) is 25.7. The average Bonchev–Trinajstić information content (AvgIpc) is 2.83. The number of likely N-dealkylation sites (tertiary alicyclic amines) is 1. The van der Waals surface area contributed by atoms with Gasteiger partial charge in [-0.25, -0.2) is 8.42 Å². The standard InChI is InChI=1S/C26H35N3O4S/c1-18(2)20(4)27-25(30)21-13-15-29(16-14-21)26(31)22-7-6-8-24(17-22)34(32,33)28(5)23-11-9-19(3)10-12-23/h6-12,17-18,20-21H,13-16H2,1-5H3,(H,27,30). The van der Waals surface area contributed by atoms with Crippen LogP contribution in [0.5, 0.6) is 0 Å². The Kier molecular flexibility index (Phi) is 8.02. The van der Waals surface area contributed by atoms with E-state index in [1.54, 1.807) is 29.2 Å². The van der Waals surface area contributed by atoms with Crippen LogP contribution in [0.4, 0.5) is 5.69 Å². The van der Waals surface area contributed by atoms with Crippen molar-refractivity contribution in [3.8, 4) is 0 Å². The minimum Gasteiger partial charge on any atom is -0.353 e. The van der Waals surface area contributed by atoms with Crippen molar-refractivity contribution in [1.82, 2.24) is 10.2 Å². The quantitative estimate of drug-likeness (QED) is 0.646. The lowest BCUT2D eigenvalue weighted by Gasteiger charge is -2.32. The highest BCUT2D eigenvalue weighted by atomic mass is 32.2. The fourth-order valence-corrected chi connectivity index (χ4v) is 5.12. The maximum Gasteiger partial charge on any atom is 0.264 e. The van der Waals surface area contributed by atoms with Crippen molar-refractivity contribution in [2.45, 2.75) is 51.5 Å². The summed E-state index contributed by atoms with van der Waals surface area (Å²) in [4.78, 5) is 27.4. The second kappa shape index (κ2) is 10.6. The van der Waals surface area contributed by atoms with E-state index >= 15 is 0 Å². The van der Waals surface area contributed by atoms with Gasteiger partial charge in [-0.1, -0.05) is 37.6 Å². The molecule has 1 unspecified atom stereocenters. The van der Waals surface area contributed by atoms with Gasteiger partial charge in [0.15, 0.2) is 0 Å². The number of nitrogens with zero attached hydrogens (tertiary/aromatic N) is 2. The van der Waals surface area contributed by atoms with Crippen LogP contribution in [0.1, 0.15) is 49.5 Å². The number of rotatable bonds is 7. The van der Waals surface area contributed by atoms with Gasteiger partial charge in [0.1, 0.15) is 0 Å². The number of aryl methyl sites for hydroxylation is 1. The highest BCUT2D eigenvalue weighted by molar-refractivity contribution is 7.92. The normalized spacial score (nSPS) is 15.8. The van der Waals surface area contributed by atoms with Gasteiger partial charge in [-0.3, -0.25) is 13.9 Å². The number of anilines is 1. The molecule has 0 bridgehead atoms. The molecule has 0 radical (unpaired) electrons. The van der Waals surface area contributed by atoms with Crippen LogP contribution in [-0.4, -0.2) is 51.3 Å². The summed E-state index contributed by atoms with van der Waals surface area (Å²) in [6.07, 6.45) is 1.19. The Balaban J connectivity index is 1.68. The second-order valence-corrected chi connectivity index (χ2v) is 11.4. The van der Waals surface area contributed by atoms with Crippen LogP contribution >= 0.6 is 0 Å². The molecule has 0 saturated carbocycles. The third-order valence-corrected chi connectivity index (χ3v) is 8.44. The van der Waals surface area contributed by atoms with Crippen molar-refractivity contribution in [3.05, 3.63) is 59.7 Å². The zero-order valence-corrected chi connectivity index (χ0v) is 21.4. The monoisotopic (exact) mass is 485 g/mol. The molecule has 0 spiro atoms. The smallest absolute Gasteiger partial charge is 0.264 e. The number of nitrogens with one attached hydrogen (secondary N) is 1. The van der Waals surface area contributed by atoms with Gasteiger partial charge >= 0.3 is 0 Å². The predicted molar refractivity (Wildman–Crippen MR) is 134 cm³/mol. The number of carbonyl (C=O) groups excluding carboxylic acids is 2. The van der Waals surface area contributed by atoms with Gasteiger partial charge in [0, 0.05) is 37.7 Å². The van der Waals surface area contributed by atoms with Gasteiger partial charge in [0.2, 0.25) is 5.91 Å². The molecule has 0 aromatic heterocycles. The second-order valence-electron chi connectivity index (χ2n) is 9.44. The molecule has 0 aliphatic carbocycles. The zero-order chi connectivity index (χ0) is 25.0. The van der Waals surface area contributed by atoms with Crippen molar-refractivity contribution in [3.63, 3.8) is 0 Å². The van der Waals surface area contributed by atoms with E-state index in [4.69, 9.17) is 0 Å². The Morgan fingerprint density at radius 3 is 2.24 bits per heavy atom. The van der Waals surface area contributed by atoms with Crippen LogP contribution in [0, 0.1) is 18.8 Å². The Labute approximate surface area is 203 Å². The van der Waals surface area contributed by atoms with Crippen molar-refractivity contribution < 1.29 is 18.0 Å². The predicted octanol–water partition coefficient (Wildman–Crippen LogP) is 3.83. The van der Waals surface area contributed by atoms with Gasteiger partial charge in [0.25, 0.3) is 15.9 Å². The van der Waals surface area contributed by atoms with Gasteiger partial charge in [-0.2, -0.15) is 0 Å². The Morgan fingerprint density at radius 1 is 1.03 bits per heavy atom. The number of amides is 2. The van der Waals surface area contributed by atoms with Gasteiger partial charge in [-0.05, 0) is 62.9 Å². The molecule has 1 heterocycles. The number of benzene rings is 2. The highest BCUT2D eigenvalue weighted by Crippen LogP contribution is 2.25. The number of piperidine rings is 1. The SMILES string of the molecule is Cc1ccc(N(C)S(=O)(=O)c2cccc(C(=O)N3CCC(C(=O)NC(C)C(C)C)CC3)c2)cc1. The van der Waals surface area contributed by atoms with E-state index in [1.165, 1.54) is 23.5 Å². The number of hydrogen-bond donors (Lipinski definition) is 1. The zero-order valence-electron chi connectivity index (χ0n) is 20.6.